The number of halogens is 1. The van der Waals surface area contributed by atoms with Gasteiger partial charge in [0.2, 0.25) is 0 Å². The van der Waals surface area contributed by atoms with Gasteiger partial charge in [0.15, 0.2) is 0 Å². The lowest BCUT2D eigenvalue weighted by atomic mass is 10.2. The zero-order valence-electron chi connectivity index (χ0n) is 7.09. The minimum Gasteiger partial charge on any atom is -0.267 e. The topological polar surface area (TPSA) is 47.8 Å². The molecule has 0 saturated carbocycles. The first-order valence-electron chi connectivity index (χ1n) is 3.92. The molecule has 0 fully saturated rings. The van der Waals surface area contributed by atoms with Crippen molar-refractivity contribution in [2.45, 2.75) is 0 Å². The van der Waals surface area contributed by atoms with Crippen LogP contribution in [0.1, 0.15) is 10.4 Å². The van der Waals surface area contributed by atoms with E-state index >= 15 is 0 Å². The van der Waals surface area contributed by atoms with Gasteiger partial charge in [0.05, 0.1) is 10.7 Å². The monoisotopic (exact) mass is 251 g/mol. The summed E-state index contributed by atoms with van der Waals surface area (Å²) in [5.74, 6) is -0.168. The molecule has 0 saturated heterocycles. The molecule has 0 amide bonds. The Balaban J connectivity index is 2.34. The van der Waals surface area contributed by atoms with Crippen molar-refractivity contribution in [3.05, 3.63) is 47.0 Å². The largest absolute Gasteiger partial charge is 0.278 e. The van der Waals surface area contributed by atoms with Crippen molar-refractivity contribution < 1.29 is 4.79 Å². The smallest absolute Gasteiger partial charge is 0.267 e. The minimum atomic E-state index is -0.168. The Morgan fingerprint density at radius 1 is 1.36 bits per heavy atom. The molecule has 0 unspecified atom stereocenters. The van der Waals surface area contributed by atoms with Gasteiger partial charge in [-0.25, -0.2) is 4.68 Å². The van der Waals surface area contributed by atoms with Crippen LogP contribution in [0, 0.1) is 0 Å². The van der Waals surface area contributed by atoms with E-state index in [-0.39, 0.29) is 5.91 Å². The molecule has 2 aromatic heterocycles. The number of hydrogen-bond donors (Lipinski definition) is 0. The summed E-state index contributed by atoms with van der Waals surface area (Å²) < 4.78 is 2.05. The summed E-state index contributed by atoms with van der Waals surface area (Å²) in [6.07, 6.45) is 6.33. The lowest BCUT2D eigenvalue weighted by Gasteiger charge is -1.98. The molecule has 2 heterocycles. The van der Waals surface area contributed by atoms with E-state index in [0.717, 1.165) is 4.47 Å². The molecule has 0 atom stereocenters. The molecule has 70 valence electrons. The highest BCUT2D eigenvalue weighted by Gasteiger charge is 2.08. The van der Waals surface area contributed by atoms with E-state index in [1.165, 1.54) is 4.68 Å². The fourth-order valence-corrected chi connectivity index (χ4v) is 1.32. The van der Waals surface area contributed by atoms with Crippen LogP contribution in [0.5, 0.6) is 0 Å². The Morgan fingerprint density at radius 3 is 2.64 bits per heavy atom. The fraction of sp³-hybridized carbons (Fsp3) is 0. The van der Waals surface area contributed by atoms with Crippen molar-refractivity contribution in [1.29, 1.82) is 0 Å². The Kier molecular flexibility index (Phi) is 2.41. The van der Waals surface area contributed by atoms with Gasteiger partial charge >= 0.3 is 0 Å². The molecule has 0 aliphatic rings. The SMILES string of the molecule is O=C(c1ccncc1)n1cc(Br)cn1. The van der Waals surface area contributed by atoms with Crippen molar-refractivity contribution in [1.82, 2.24) is 14.8 Å². The van der Waals surface area contributed by atoms with Crippen LogP contribution in [-0.2, 0) is 0 Å². The highest BCUT2D eigenvalue weighted by molar-refractivity contribution is 9.10. The van der Waals surface area contributed by atoms with Gasteiger partial charge in [0.25, 0.3) is 5.91 Å². The van der Waals surface area contributed by atoms with Crippen molar-refractivity contribution in [2.24, 2.45) is 0 Å². The maximum Gasteiger partial charge on any atom is 0.278 e. The highest BCUT2D eigenvalue weighted by Crippen LogP contribution is 2.08. The van der Waals surface area contributed by atoms with Crippen LogP contribution in [0.2, 0.25) is 0 Å². The first-order chi connectivity index (χ1) is 6.77. The summed E-state index contributed by atoms with van der Waals surface area (Å²) in [6, 6.07) is 3.30. The summed E-state index contributed by atoms with van der Waals surface area (Å²) >= 11 is 3.23. The number of aromatic nitrogens is 3. The molecule has 2 aromatic rings. The summed E-state index contributed by atoms with van der Waals surface area (Å²) in [4.78, 5) is 15.5. The highest BCUT2D eigenvalue weighted by atomic mass is 79.9. The average molecular weight is 252 g/mol. The number of carbonyl (C=O) groups excluding carboxylic acids is 1. The van der Waals surface area contributed by atoms with Gasteiger partial charge in [-0.1, -0.05) is 0 Å². The number of pyridine rings is 1. The van der Waals surface area contributed by atoms with E-state index in [1.54, 1.807) is 36.9 Å². The predicted molar refractivity (Wildman–Crippen MR) is 53.9 cm³/mol. The van der Waals surface area contributed by atoms with Crippen molar-refractivity contribution in [2.75, 3.05) is 0 Å². The molecule has 0 aromatic carbocycles. The van der Waals surface area contributed by atoms with Gasteiger partial charge in [-0.3, -0.25) is 9.78 Å². The summed E-state index contributed by atoms with van der Waals surface area (Å²) in [6.45, 7) is 0. The quantitative estimate of drug-likeness (QED) is 0.776. The van der Waals surface area contributed by atoms with E-state index in [0.29, 0.717) is 5.56 Å². The normalized spacial score (nSPS) is 10.1. The first-order valence-corrected chi connectivity index (χ1v) is 4.71. The van der Waals surface area contributed by atoms with Crippen molar-refractivity contribution in [3.8, 4) is 0 Å². The lowest BCUT2D eigenvalue weighted by Crippen LogP contribution is -2.12. The van der Waals surface area contributed by atoms with Crippen molar-refractivity contribution in [3.63, 3.8) is 0 Å². The third kappa shape index (κ3) is 1.72. The fourth-order valence-electron chi connectivity index (χ4n) is 1.04. The molecule has 2 rings (SSSR count). The molecular formula is C9H6BrN3O. The Bertz CT molecular complexity index is 452. The van der Waals surface area contributed by atoms with Crippen LogP contribution < -0.4 is 0 Å². The maximum absolute atomic E-state index is 11.7. The summed E-state index contributed by atoms with van der Waals surface area (Å²) in [5.41, 5.74) is 0.565. The molecule has 14 heavy (non-hydrogen) atoms. The van der Waals surface area contributed by atoms with Crippen LogP contribution in [0.4, 0.5) is 0 Å². The molecule has 0 radical (unpaired) electrons. The van der Waals surface area contributed by atoms with E-state index in [1.807, 2.05) is 0 Å². The van der Waals surface area contributed by atoms with Gasteiger partial charge < -0.3 is 0 Å². The molecule has 5 heteroatoms. The molecule has 0 aliphatic carbocycles. The molecule has 4 nitrogen and oxygen atoms in total. The second-order valence-electron chi connectivity index (χ2n) is 2.64. The molecule has 0 bridgehead atoms. The van der Waals surface area contributed by atoms with Crippen LogP contribution in [0.25, 0.3) is 0 Å². The lowest BCUT2D eigenvalue weighted by molar-refractivity contribution is 0.0945. The third-order valence-electron chi connectivity index (χ3n) is 1.69. The molecule has 0 N–H and O–H groups in total. The number of carbonyl (C=O) groups is 1. The van der Waals surface area contributed by atoms with E-state index in [4.69, 9.17) is 0 Å². The van der Waals surface area contributed by atoms with E-state index in [2.05, 4.69) is 26.0 Å². The van der Waals surface area contributed by atoms with Crippen molar-refractivity contribution >= 4 is 21.8 Å². The number of hydrogen-bond acceptors (Lipinski definition) is 3. The molecular weight excluding hydrogens is 246 g/mol. The van der Waals surface area contributed by atoms with E-state index < -0.39 is 0 Å². The predicted octanol–water partition coefficient (Wildman–Crippen LogP) is 1.73. The van der Waals surface area contributed by atoms with Crippen LogP contribution in [-0.4, -0.2) is 20.7 Å². The standard InChI is InChI=1S/C9H6BrN3O/c10-8-5-12-13(6-8)9(14)7-1-3-11-4-2-7/h1-6H. The van der Waals surface area contributed by atoms with Gasteiger partial charge in [-0.15, -0.1) is 0 Å². The van der Waals surface area contributed by atoms with Crippen LogP contribution in [0.15, 0.2) is 41.4 Å². The molecule has 0 spiro atoms. The second-order valence-corrected chi connectivity index (χ2v) is 3.56. The average Bonchev–Trinajstić information content (AvgIpc) is 2.65. The van der Waals surface area contributed by atoms with Gasteiger partial charge in [0.1, 0.15) is 0 Å². The minimum absolute atomic E-state index is 0.168. The number of rotatable bonds is 1. The van der Waals surface area contributed by atoms with Gasteiger partial charge in [0, 0.05) is 24.2 Å². The maximum atomic E-state index is 11.7. The van der Waals surface area contributed by atoms with Gasteiger partial charge in [-0.05, 0) is 28.1 Å². The van der Waals surface area contributed by atoms with Crippen LogP contribution >= 0.6 is 15.9 Å². The molecule has 0 aliphatic heterocycles. The Labute approximate surface area is 88.7 Å². The van der Waals surface area contributed by atoms with Gasteiger partial charge in [-0.2, -0.15) is 5.10 Å². The second kappa shape index (κ2) is 3.71. The van der Waals surface area contributed by atoms with Crippen LogP contribution in [0.3, 0.4) is 0 Å². The Morgan fingerprint density at radius 2 is 2.07 bits per heavy atom. The first kappa shape index (κ1) is 9.08. The van der Waals surface area contributed by atoms with E-state index in [9.17, 15) is 4.79 Å². The number of nitrogens with zero attached hydrogens (tertiary/aromatic N) is 3. The zero-order chi connectivity index (χ0) is 9.97. The zero-order valence-corrected chi connectivity index (χ0v) is 8.68. The third-order valence-corrected chi connectivity index (χ3v) is 2.10. The Hall–Kier alpha value is -1.49. The summed E-state index contributed by atoms with van der Waals surface area (Å²) in [5, 5.41) is 3.89. The summed E-state index contributed by atoms with van der Waals surface area (Å²) in [7, 11) is 0.